The van der Waals surface area contributed by atoms with Crippen LogP contribution in [0.15, 0.2) is 71.7 Å². The second-order valence-corrected chi connectivity index (χ2v) is 9.24. The van der Waals surface area contributed by atoms with Gasteiger partial charge in [0.25, 0.3) is 5.56 Å². The van der Waals surface area contributed by atoms with Crippen LogP contribution >= 0.6 is 0 Å². The maximum atomic E-state index is 13.8. The summed E-state index contributed by atoms with van der Waals surface area (Å²) in [6.07, 6.45) is -3.80. The van der Waals surface area contributed by atoms with Crippen molar-refractivity contribution in [3.63, 3.8) is 0 Å². The highest BCUT2D eigenvalue weighted by Crippen LogP contribution is 2.33. The van der Waals surface area contributed by atoms with Gasteiger partial charge < -0.3 is 9.64 Å². The van der Waals surface area contributed by atoms with E-state index >= 15 is 0 Å². The highest BCUT2D eigenvalue weighted by Gasteiger charge is 2.35. The number of benzene rings is 2. The molecule has 41 heavy (non-hydrogen) atoms. The van der Waals surface area contributed by atoms with E-state index < -0.39 is 41.5 Å². The molecule has 2 aromatic carbocycles. The Bertz CT molecular complexity index is 1660. The number of halogens is 4. The number of amides is 1. The van der Waals surface area contributed by atoms with Gasteiger partial charge in [-0.2, -0.15) is 18.4 Å². The summed E-state index contributed by atoms with van der Waals surface area (Å²) >= 11 is 0. The molecular weight excluding hydrogens is 540 g/mol. The van der Waals surface area contributed by atoms with E-state index in [2.05, 4.69) is 0 Å². The Balaban J connectivity index is 1.80. The molecule has 0 aliphatic carbocycles. The van der Waals surface area contributed by atoms with Crippen LogP contribution in [0.25, 0.3) is 16.8 Å². The first-order valence-electron chi connectivity index (χ1n) is 12.8. The molecule has 4 rings (SSSR count). The Morgan fingerprint density at radius 1 is 1.15 bits per heavy atom. The second kappa shape index (κ2) is 12.3. The lowest BCUT2D eigenvalue weighted by molar-refractivity contribution is -0.140. The van der Waals surface area contributed by atoms with E-state index in [9.17, 15) is 32.4 Å². The number of hydrogen-bond acceptors (Lipinski definition) is 5. The highest BCUT2D eigenvalue weighted by molar-refractivity contribution is 5.80. The zero-order chi connectivity index (χ0) is 29.7. The fourth-order valence-corrected chi connectivity index (χ4v) is 4.56. The van der Waals surface area contributed by atoms with E-state index in [-0.39, 0.29) is 30.0 Å². The van der Waals surface area contributed by atoms with Crippen molar-refractivity contribution in [1.82, 2.24) is 14.3 Å². The van der Waals surface area contributed by atoms with Gasteiger partial charge in [0.2, 0.25) is 5.91 Å². The van der Waals surface area contributed by atoms with Crippen LogP contribution in [0, 0.1) is 17.1 Å². The van der Waals surface area contributed by atoms with Gasteiger partial charge in [-0.3, -0.25) is 14.0 Å². The molecule has 2 heterocycles. The van der Waals surface area contributed by atoms with E-state index in [1.54, 1.807) is 62.5 Å². The lowest BCUT2D eigenvalue weighted by atomic mass is 9.99. The third kappa shape index (κ3) is 6.44. The largest absolute Gasteiger partial charge is 0.419 e. The van der Waals surface area contributed by atoms with Crippen LogP contribution in [-0.2, 0) is 22.1 Å². The van der Waals surface area contributed by atoms with Crippen molar-refractivity contribution in [3.8, 4) is 17.2 Å². The van der Waals surface area contributed by atoms with Crippen LogP contribution in [-0.4, -0.2) is 40.0 Å². The molecule has 7 nitrogen and oxygen atoms in total. The monoisotopic (exact) mass is 566 g/mol. The number of nitrogens with zero attached hydrogens (tertiary/aromatic N) is 4. The van der Waals surface area contributed by atoms with Gasteiger partial charge in [0.05, 0.1) is 47.5 Å². The number of pyridine rings is 1. The van der Waals surface area contributed by atoms with Crippen LogP contribution in [0.4, 0.5) is 17.6 Å². The van der Waals surface area contributed by atoms with E-state index in [4.69, 9.17) is 9.72 Å². The number of fused-ring (bicyclic) bond motifs is 1. The Morgan fingerprint density at radius 2 is 1.88 bits per heavy atom. The molecule has 0 aliphatic rings. The zero-order valence-electron chi connectivity index (χ0n) is 22.3. The molecule has 1 atom stereocenters. The van der Waals surface area contributed by atoms with Gasteiger partial charge in [-0.05, 0) is 61.4 Å². The minimum Gasteiger partial charge on any atom is -0.380 e. The van der Waals surface area contributed by atoms with Crippen LogP contribution in [0.5, 0.6) is 0 Å². The molecule has 0 aliphatic heterocycles. The Kier molecular flexibility index (Phi) is 8.83. The molecular formula is C30H26F4N4O3. The van der Waals surface area contributed by atoms with E-state index in [0.717, 1.165) is 6.07 Å². The van der Waals surface area contributed by atoms with Crippen molar-refractivity contribution >= 4 is 11.6 Å². The second-order valence-electron chi connectivity index (χ2n) is 9.24. The van der Waals surface area contributed by atoms with E-state index in [1.165, 1.54) is 9.30 Å². The molecule has 0 unspecified atom stereocenters. The fourth-order valence-electron chi connectivity index (χ4n) is 4.56. The maximum absolute atomic E-state index is 13.8. The lowest BCUT2D eigenvalue weighted by Crippen LogP contribution is -2.39. The summed E-state index contributed by atoms with van der Waals surface area (Å²) in [5.74, 6) is -1.99. The smallest absolute Gasteiger partial charge is 0.380 e. The Hall–Kier alpha value is -4.56. The first-order valence-corrected chi connectivity index (χ1v) is 12.8. The van der Waals surface area contributed by atoms with Crippen molar-refractivity contribution in [2.24, 2.45) is 0 Å². The maximum Gasteiger partial charge on any atom is 0.419 e. The van der Waals surface area contributed by atoms with Crippen LogP contribution in [0.2, 0.25) is 0 Å². The number of ether oxygens (including phenoxy) is 1. The number of carbonyl (C=O) groups is 1. The molecule has 0 N–H and O–H groups in total. The summed E-state index contributed by atoms with van der Waals surface area (Å²) in [6, 6.07) is 15.1. The van der Waals surface area contributed by atoms with E-state index in [1.807, 2.05) is 6.07 Å². The van der Waals surface area contributed by atoms with Crippen LogP contribution < -0.4 is 5.56 Å². The molecule has 4 aromatic rings. The quantitative estimate of drug-likeness (QED) is 0.196. The summed E-state index contributed by atoms with van der Waals surface area (Å²) in [4.78, 5) is 33.4. The minimum atomic E-state index is -4.92. The number of rotatable bonds is 9. The molecule has 0 saturated heterocycles. The van der Waals surface area contributed by atoms with E-state index in [0.29, 0.717) is 35.5 Å². The topological polar surface area (TPSA) is 87.7 Å². The Labute approximate surface area is 233 Å². The number of hydrogen-bond donors (Lipinski definition) is 0. The van der Waals surface area contributed by atoms with Crippen molar-refractivity contribution < 1.29 is 27.1 Å². The average molecular weight is 567 g/mol. The summed E-state index contributed by atoms with van der Waals surface area (Å²) in [5, 5.41) is 9.21. The Morgan fingerprint density at radius 3 is 2.54 bits per heavy atom. The van der Waals surface area contributed by atoms with Gasteiger partial charge >= 0.3 is 6.18 Å². The summed E-state index contributed by atoms with van der Waals surface area (Å²) in [7, 11) is 0. The third-order valence-corrected chi connectivity index (χ3v) is 6.62. The number of alkyl halides is 3. The fraction of sp³-hybridized carbons (Fsp3) is 0.267. The molecule has 212 valence electrons. The molecule has 0 spiro atoms. The van der Waals surface area contributed by atoms with Gasteiger partial charge in [0.15, 0.2) is 0 Å². The summed E-state index contributed by atoms with van der Waals surface area (Å²) in [5.41, 5.74) is -0.183. The first-order chi connectivity index (χ1) is 19.5. The predicted octanol–water partition coefficient (Wildman–Crippen LogP) is 5.56. The number of nitriles is 1. The predicted molar refractivity (Wildman–Crippen MR) is 143 cm³/mol. The molecule has 2 aromatic heterocycles. The third-order valence-electron chi connectivity index (χ3n) is 6.62. The lowest BCUT2D eigenvalue weighted by Gasteiger charge is -2.30. The zero-order valence-corrected chi connectivity index (χ0v) is 22.3. The molecule has 0 saturated carbocycles. The van der Waals surface area contributed by atoms with Gasteiger partial charge in [-0.1, -0.05) is 24.3 Å². The molecule has 0 bridgehead atoms. The van der Waals surface area contributed by atoms with Crippen molar-refractivity contribution in [1.29, 1.82) is 5.26 Å². The first kappa shape index (κ1) is 29.4. The average Bonchev–Trinajstić information content (AvgIpc) is 2.95. The SMILES string of the molecule is CCOCCN(C(=O)Cc1ccc(F)c(C(F)(F)F)c1)[C@H](C)c1nc2ccccn2c(=O)c1-c1ccc(C#N)cc1. The highest BCUT2D eigenvalue weighted by atomic mass is 19.4. The minimum absolute atomic E-state index is 0.0174. The van der Waals surface area contributed by atoms with Crippen molar-refractivity contribution in [3.05, 3.63) is 105 Å². The summed E-state index contributed by atoms with van der Waals surface area (Å²) < 4.78 is 60.5. The van der Waals surface area contributed by atoms with Gasteiger partial charge in [-0.15, -0.1) is 0 Å². The molecule has 11 heteroatoms. The van der Waals surface area contributed by atoms with Gasteiger partial charge in [0.1, 0.15) is 11.5 Å². The van der Waals surface area contributed by atoms with Crippen LogP contribution in [0.3, 0.4) is 0 Å². The van der Waals surface area contributed by atoms with Crippen molar-refractivity contribution in [2.75, 3.05) is 19.8 Å². The summed E-state index contributed by atoms with van der Waals surface area (Å²) in [6.45, 7) is 4.01. The van der Waals surface area contributed by atoms with Gasteiger partial charge in [0, 0.05) is 19.3 Å². The van der Waals surface area contributed by atoms with Gasteiger partial charge in [-0.25, -0.2) is 9.37 Å². The van der Waals surface area contributed by atoms with Crippen LogP contribution in [0.1, 0.15) is 42.3 Å². The van der Waals surface area contributed by atoms with Crippen molar-refractivity contribution in [2.45, 2.75) is 32.5 Å². The molecule has 1 amide bonds. The number of aromatic nitrogens is 2. The standard InChI is InChI=1S/C30H26F4N4O3/c1-3-41-15-14-37(26(39)17-21-9-12-24(31)23(16-21)30(32,33)34)19(2)28-27(22-10-7-20(18-35)8-11-22)29(40)38-13-5-4-6-25(38)36-28/h4-13,16,19H,3,14-15,17H2,1-2H3/t19-/m1/s1. The molecule has 0 radical (unpaired) electrons. The molecule has 0 fully saturated rings. The number of carbonyl (C=O) groups excluding carboxylic acids is 1. The normalized spacial score (nSPS) is 12.2.